The number of hydrogen-bond donors (Lipinski definition) is 3. The minimum atomic E-state index is -1.14. The van der Waals surface area contributed by atoms with E-state index in [1.807, 2.05) is 19.1 Å². The van der Waals surface area contributed by atoms with Gasteiger partial charge in [-0.15, -0.1) is 0 Å². The van der Waals surface area contributed by atoms with Crippen molar-refractivity contribution in [3.63, 3.8) is 0 Å². The molecule has 1 aromatic rings. The lowest BCUT2D eigenvalue weighted by Crippen LogP contribution is -2.45. The van der Waals surface area contributed by atoms with Gasteiger partial charge in [0.2, 0.25) is 0 Å². The summed E-state index contributed by atoms with van der Waals surface area (Å²) in [6, 6.07) is 5.52. The van der Waals surface area contributed by atoms with Crippen LogP contribution in [0.1, 0.15) is 5.56 Å². The van der Waals surface area contributed by atoms with E-state index in [2.05, 4.69) is 10.6 Å². The maximum Gasteiger partial charge on any atom is 0.328 e. The molecule has 0 aromatic heterocycles. The molecule has 1 atom stereocenters. The first-order valence-electron chi connectivity index (χ1n) is 5.39. The first-order chi connectivity index (χ1) is 8.52. The molecule has 1 rings (SSSR count). The Bertz CT molecular complexity index is 417. The number of ether oxygens (including phenoxy) is 1. The Morgan fingerprint density at radius 2 is 1.94 bits per heavy atom. The van der Waals surface area contributed by atoms with Gasteiger partial charge < -0.3 is 20.5 Å². The molecule has 0 fully saturated rings. The van der Waals surface area contributed by atoms with Gasteiger partial charge in [-0.1, -0.05) is 17.7 Å². The average Bonchev–Trinajstić information content (AvgIpc) is 2.31. The quantitative estimate of drug-likeness (QED) is 0.735. The first-order valence-corrected chi connectivity index (χ1v) is 5.39. The van der Waals surface area contributed by atoms with Gasteiger partial charge in [-0.05, 0) is 19.1 Å². The van der Waals surface area contributed by atoms with Crippen LogP contribution < -0.4 is 10.6 Å². The Morgan fingerprint density at radius 3 is 2.44 bits per heavy atom. The molecule has 18 heavy (non-hydrogen) atoms. The van der Waals surface area contributed by atoms with Crippen molar-refractivity contribution in [3.05, 3.63) is 29.8 Å². The highest BCUT2D eigenvalue weighted by Crippen LogP contribution is 2.08. The summed E-state index contributed by atoms with van der Waals surface area (Å²) in [6.07, 6.45) is 0. The van der Waals surface area contributed by atoms with E-state index in [1.165, 1.54) is 7.11 Å². The first kappa shape index (κ1) is 14.0. The third kappa shape index (κ3) is 4.42. The van der Waals surface area contributed by atoms with Crippen LogP contribution in [-0.4, -0.2) is 36.9 Å². The molecule has 98 valence electrons. The topological polar surface area (TPSA) is 87.7 Å². The molecule has 6 nitrogen and oxygen atoms in total. The summed E-state index contributed by atoms with van der Waals surface area (Å²) in [7, 11) is 1.37. The van der Waals surface area contributed by atoms with Gasteiger partial charge in [0.15, 0.2) is 6.04 Å². The fraction of sp³-hybridized carbons (Fsp3) is 0.333. The van der Waals surface area contributed by atoms with Gasteiger partial charge in [0.25, 0.3) is 0 Å². The number of carboxylic acid groups (broad SMARTS) is 1. The number of benzene rings is 1. The number of rotatable bonds is 5. The molecular weight excluding hydrogens is 236 g/mol. The van der Waals surface area contributed by atoms with Crippen LogP contribution in [0.3, 0.4) is 0 Å². The molecule has 0 aliphatic heterocycles. The van der Waals surface area contributed by atoms with Crippen LogP contribution >= 0.6 is 0 Å². The molecule has 6 heteroatoms. The van der Waals surface area contributed by atoms with Crippen LogP contribution in [0.4, 0.5) is 10.5 Å². The summed E-state index contributed by atoms with van der Waals surface area (Å²) < 4.78 is 4.71. The number of urea groups is 1. The lowest BCUT2D eigenvalue weighted by atomic mass is 10.2. The second kappa shape index (κ2) is 6.61. The van der Waals surface area contributed by atoms with E-state index in [4.69, 9.17) is 9.84 Å². The SMILES string of the molecule is COCC(NC(=O)Nc1ccc(C)cc1)C(=O)O. The Labute approximate surface area is 105 Å². The van der Waals surface area contributed by atoms with E-state index < -0.39 is 18.0 Å². The van der Waals surface area contributed by atoms with E-state index in [9.17, 15) is 9.59 Å². The molecule has 3 N–H and O–H groups in total. The molecule has 0 spiro atoms. The van der Waals surface area contributed by atoms with Gasteiger partial charge in [-0.3, -0.25) is 0 Å². The minimum absolute atomic E-state index is 0.0867. The van der Waals surface area contributed by atoms with Crippen molar-refractivity contribution in [1.82, 2.24) is 5.32 Å². The monoisotopic (exact) mass is 252 g/mol. The molecule has 0 aliphatic carbocycles. The van der Waals surface area contributed by atoms with Gasteiger partial charge in [-0.25, -0.2) is 9.59 Å². The van der Waals surface area contributed by atoms with Crippen molar-refractivity contribution in [3.8, 4) is 0 Å². The second-order valence-electron chi connectivity index (χ2n) is 3.81. The number of carboxylic acids is 1. The summed E-state index contributed by atoms with van der Waals surface area (Å²) in [5.74, 6) is -1.14. The molecule has 0 heterocycles. The summed E-state index contributed by atoms with van der Waals surface area (Å²) in [5.41, 5.74) is 1.67. The van der Waals surface area contributed by atoms with Crippen molar-refractivity contribution in [1.29, 1.82) is 0 Å². The Hall–Kier alpha value is -2.08. The van der Waals surface area contributed by atoms with Crippen LogP contribution in [-0.2, 0) is 9.53 Å². The molecule has 1 aromatic carbocycles. The van der Waals surface area contributed by atoms with Gasteiger partial charge >= 0.3 is 12.0 Å². The predicted octanol–water partition coefficient (Wildman–Crippen LogP) is 1.22. The fourth-order valence-corrected chi connectivity index (χ4v) is 1.30. The summed E-state index contributed by atoms with van der Waals surface area (Å²) in [6.45, 7) is 1.85. The van der Waals surface area contributed by atoms with E-state index in [1.54, 1.807) is 12.1 Å². The second-order valence-corrected chi connectivity index (χ2v) is 3.81. The van der Waals surface area contributed by atoms with Crippen LogP contribution in [0, 0.1) is 6.92 Å². The smallest absolute Gasteiger partial charge is 0.328 e. The van der Waals surface area contributed by atoms with E-state index in [0.29, 0.717) is 5.69 Å². The molecule has 0 saturated heterocycles. The largest absolute Gasteiger partial charge is 0.480 e. The van der Waals surface area contributed by atoms with Crippen LogP contribution in [0.2, 0.25) is 0 Å². The zero-order valence-electron chi connectivity index (χ0n) is 10.3. The molecule has 0 bridgehead atoms. The van der Waals surface area contributed by atoms with Crippen molar-refractivity contribution >= 4 is 17.7 Å². The number of amides is 2. The molecule has 0 saturated carbocycles. The normalized spacial score (nSPS) is 11.7. The van der Waals surface area contributed by atoms with Gasteiger partial charge in [-0.2, -0.15) is 0 Å². The summed E-state index contributed by atoms with van der Waals surface area (Å²) in [4.78, 5) is 22.3. The number of methoxy groups -OCH3 is 1. The number of aliphatic carboxylic acids is 1. The highest BCUT2D eigenvalue weighted by Gasteiger charge is 2.19. The van der Waals surface area contributed by atoms with E-state index in [0.717, 1.165) is 5.56 Å². The lowest BCUT2D eigenvalue weighted by Gasteiger charge is -2.14. The Morgan fingerprint density at radius 1 is 1.33 bits per heavy atom. The Balaban J connectivity index is 2.54. The highest BCUT2D eigenvalue weighted by molar-refractivity contribution is 5.92. The lowest BCUT2D eigenvalue weighted by molar-refractivity contribution is -0.140. The standard InChI is InChI=1S/C12H16N2O4/c1-8-3-5-9(6-4-8)13-12(17)14-10(7-18-2)11(15)16/h3-6,10H,7H2,1-2H3,(H,15,16)(H2,13,14,17). The zero-order valence-corrected chi connectivity index (χ0v) is 10.3. The summed E-state index contributed by atoms with van der Waals surface area (Å²) >= 11 is 0. The third-order valence-corrected chi connectivity index (χ3v) is 2.25. The highest BCUT2D eigenvalue weighted by atomic mass is 16.5. The predicted molar refractivity (Wildman–Crippen MR) is 66.6 cm³/mol. The molecule has 1 unspecified atom stereocenters. The number of nitrogens with one attached hydrogen (secondary N) is 2. The van der Waals surface area contributed by atoms with Crippen LogP contribution in [0.15, 0.2) is 24.3 Å². The van der Waals surface area contributed by atoms with Crippen LogP contribution in [0.5, 0.6) is 0 Å². The number of carbonyl (C=O) groups excluding carboxylic acids is 1. The molecule has 2 amide bonds. The number of anilines is 1. The maximum atomic E-state index is 11.5. The number of carbonyl (C=O) groups is 2. The number of aryl methyl sites for hydroxylation is 1. The third-order valence-electron chi connectivity index (χ3n) is 2.25. The van der Waals surface area contributed by atoms with Crippen molar-refractivity contribution in [2.75, 3.05) is 19.0 Å². The average molecular weight is 252 g/mol. The number of hydrogen-bond acceptors (Lipinski definition) is 3. The van der Waals surface area contributed by atoms with Crippen molar-refractivity contribution in [2.45, 2.75) is 13.0 Å². The molecule has 0 radical (unpaired) electrons. The minimum Gasteiger partial charge on any atom is -0.480 e. The van der Waals surface area contributed by atoms with Gasteiger partial charge in [0.1, 0.15) is 0 Å². The fourth-order valence-electron chi connectivity index (χ4n) is 1.30. The van der Waals surface area contributed by atoms with E-state index in [-0.39, 0.29) is 6.61 Å². The zero-order chi connectivity index (χ0) is 13.5. The van der Waals surface area contributed by atoms with Gasteiger partial charge in [0.05, 0.1) is 6.61 Å². The van der Waals surface area contributed by atoms with E-state index >= 15 is 0 Å². The molecular formula is C12H16N2O4. The summed E-state index contributed by atoms with van der Waals surface area (Å²) in [5, 5.41) is 13.7. The van der Waals surface area contributed by atoms with Crippen molar-refractivity contribution in [2.24, 2.45) is 0 Å². The Kier molecular flexibility index (Phi) is 5.13. The maximum absolute atomic E-state index is 11.5. The van der Waals surface area contributed by atoms with Gasteiger partial charge in [0, 0.05) is 12.8 Å². The molecule has 0 aliphatic rings. The van der Waals surface area contributed by atoms with Crippen molar-refractivity contribution < 1.29 is 19.4 Å². The van der Waals surface area contributed by atoms with Crippen LogP contribution in [0.25, 0.3) is 0 Å².